The van der Waals surface area contributed by atoms with E-state index in [1.54, 1.807) is 23.9 Å². The first kappa shape index (κ1) is 18.5. The first-order valence-electron chi connectivity index (χ1n) is 9.33. The van der Waals surface area contributed by atoms with E-state index in [2.05, 4.69) is 5.32 Å². The van der Waals surface area contributed by atoms with E-state index in [1.165, 1.54) is 0 Å². The van der Waals surface area contributed by atoms with Crippen LogP contribution in [0.5, 0.6) is 5.75 Å². The summed E-state index contributed by atoms with van der Waals surface area (Å²) >= 11 is 0. The molecule has 0 aliphatic carbocycles. The summed E-state index contributed by atoms with van der Waals surface area (Å²) in [7, 11) is 3.44. The Kier molecular flexibility index (Phi) is 5.12. The van der Waals surface area contributed by atoms with Crippen molar-refractivity contribution in [3.05, 3.63) is 96.2 Å². The lowest BCUT2D eigenvalue weighted by atomic mass is 10.0. The van der Waals surface area contributed by atoms with E-state index in [0.29, 0.717) is 16.9 Å². The second-order valence-corrected chi connectivity index (χ2v) is 6.49. The molecule has 29 heavy (non-hydrogen) atoms. The number of rotatable bonds is 6. The van der Waals surface area contributed by atoms with E-state index in [9.17, 15) is 4.79 Å². The number of nitrogens with one attached hydrogen (secondary N) is 1. The molecular formula is C24H21N3O2. The molecule has 144 valence electrons. The molecule has 0 spiro atoms. The van der Waals surface area contributed by atoms with Crippen molar-refractivity contribution in [3.63, 3.8) is 0 Å². The number of benzene rings is 3. The van der Waals surface area contributed by atoms with E-state index in [1.807, 2.05) is 79.8 Å². The molecule has 1 heterocycles. The van der Waals surface area contributed by atoms with Crippen molar-refractivity contribution in [2.45, 2.75) is 0 Å². The molecule has 0 saturated carbocycles. The molecule has 0 radical (unpaired) electrons. The monoisotopic (exact) mass is 383 g/mol. The summed E-state index contributed by atoms with van der Waals surface area (Å²) in [6, 6.07) is 26.7. The van der Waals surface area contributed by atoms with Gasteiger partial charge in [0.2, 0.25) is 5.78 Å². The number of ketones is 1. The molecule has 5 nitrogen and oxygen atoms in total. The summed E-state index contributed by atoms with van der Waals surface area (Å²) in [6.07, 6.45) is 0. The van der Waals surface area contributed by atoms with E-state index < -0.39 is 0 Å². The molecule has 0 aliphatic heterocycles. The number of methoxy groups -OCH3 is 1. The Morgan fingerprint density at radius 1 is 0.897 bits per heavy atom. The fourth-order valence-electron chi connectivity index (χ4n) is 3.31. The van der Waals surface area contributed by atoms with Gasteiger partial charge < -0.3 is 10.1 Å². The Balaban J connectivity index is 1.93. The third kappa shape index (κ3) is 3.50. The van der Waals surface area contributed by atoms with Crippen LogP contribution >= 0.6 is 0 Å². The third-order valence-electron chi connectivity index (χ3n) is 4.75. The number of hydrogen-bond donors (Lipinski definition) is 1. The molecule has 3 aromatic carbocycles. The summed E-state index contributed by atoms with van der Waals surface area (Å²) in [5.41, 5.74) is 4.32. The van der Waals surface area contributed by atoms with Crippen molar-refractivity contribution < 1.29 is 9.53 Å². The van der Waals surface area contributed by atoms with Crippen LogP contribution in [0.25, 0.3) is 16.9 Å². The van der Waals surface area contributed by atoms with Gasteiger partial charge in [-0.3, -0.25) is 4.79 Å². The maximum absolute atomic E-state index is 13.2. The zero-order chi connectivity index (χ0) is 20.2. The zero-order valence-electron chi connectivity index (χ0n) is 16.3. The molecule has 0 bridgehead atoms. The molecule has 0 amide bonds. The van der Waals surface area contributed by atoms with Crippen LogP contribution in [0, 0.1) is 0 Å². The van der Waals surface area contributed by atoms with Crippen molar-refractivity contribution in [2.24, 2.45) is 0 Å². The maximum Gasteiger partial charge on any atom is 0.215 e. The average Bonchev–Trinajstić information content (AvgIpc) is 3.19. The van der Waals surface area contributed by atoms with Gasteiger partial charge in [-0.05, 0) is 24.3 Å². The molecule has 1 N–H and O–H groups in total. The summed E-state index contributed by atoms with van der Waals surface area (Å²) in [6.45, 7) is 0. The third-order valence-corrected chi connectivity index (χ3v) is 4.75. The molecule has 4 aromatic rings. The quantitative estimate of drug-likeness (QED) is 0.485. The van der Waals surface area contributed by atoms with Gasteiger partial charge in [0.05, 0.1) is 24.2 Å². The van der Waals surface area contributed by atoms with Crippen LogP contribution in [-0.4, -0.2) is 29.7 Å². The molecule has 0 unspecified atom stereocenters. The summed E-state index contributed by atoms with van der Waals surface area (Å²) in [5, 5.41) is 7.92. The van der Waals surface area contributed by atoms with Gasteiger partial charge in [0.1, 0.15) is 5.75 Å². The smallest absolute Gasteiger partial charge is 0.215 e. The molecular weight excluding hydrogens is 362 g/mol. The zero-order valence-corrected chi connectivity index (χ0v) is 16.3. The number of carbonyl (C=O) groups excluding carboxylic acids is 1. The minimum atomic E-state index is -0.126. The molecule has 4 rings (SSSR count). The van der Waals surface area contributed by atoms with Crippen LogP contribution in [0.2, 0.25) is 0 Å². The minimum absolute atomic E-state index is 0.126. The van der Waals surface area contributed by atoms with Gasteiger partial charge in [-0.25, -0.2) is 4.68 Å². The molecule has 0 aliphatic rings. The highest BCUT2D eigenvalue weighted by Crippen LogP contribution is 2.34. The SMILES string of the molecule is CNc1c(C(=O)c2ccccc2)nn(-c2ccc(OC)cc2)c1-c1ccccc1. The van der Waals surface area contributed by atoms with Crippen LogP contribution in [-0.2, 0) is 0 Å². The van der Waals surface area contributed by atoms with E-state index in [0.717, 1.165) is 22.7 Å². The molecule has 1 aromatic heterocycles. The van der Waals surface area contributed by atoms with Crippen molar-refractivity contribution >= 4 is 11.5 Å². The van der Waals surface area contributed by atoms with Crippen molar-refractivity contribution in [3.8, 4) is 22.7 Å². The van der Waals surface area contributed by atoms with Crippen LogP contribution in [0.4, 0.5) is 5.69 Å². The number of ether oxygens (including phenoxy) is 1. The lowest BCUT2D eigenvalue weighted by Crippen LogP contribution is -2.06. The normalized spacial score (nSPS) is 10.6. The predicted octanol–water partition coefficient (Wildman–Crippen LogP) is 4.82. The Labute approximate surface area is 169 Å². The van der Waals surface area contributed by atoms with Crippen LogP contribution in [0.3, 0.4) is 0 Å². The second kappa shape index (κ2) is 8.02. The average molecular weight is 383 g/mol. The molecule has 0 fully saturated rings. The Morgan fingerprint density at radius 2 is 1.52 bits per heavy atom. The molecule has 5 heteroatoms. The highest BCUT2D eigenvalue weighted by atomic mass is 16.5. The van der Waals surface area contributed by atoms with Crippen molar-refractivity contribution in [1.82, 2.24) is 9.78 Å². The summed E-state index contributed by atoms with van der Waals surface area (Å²) in [4.78, 5) is 13.2. The standard InChI is InChI=1S/C24H21N3O2/c1-25-21-22(24(28)18-11-7-4-8-12-18)26-27(19-13-15-20(29-2)16-14-19)23(21)17-9-5-3-6-10-17/h3-16,25H,1-2H3. The van der Waals surface area contributed by atoms with Gasteiger partial charge in [0.25, 0.3) is 0 Å². The summed E-state index contributed by atoms with van der Waals surface area (Å²) < 4.78 is 7.07. The van der Waals surface area contributed by atoms with Gasteiger partial charge in [-0.1, -0.05) is 60.7 Å². The van der Waals surface area contributed by atoms with Gasteiger partial charge >= 0.3 is 0 Å². The number of anilines is 1. The van der Waals surface area contributed by atoms with Crippen LogP contribution in [0.1, 0.15) is 16.1 Å². The fourth-order valence-corrected chi connectivity index (χ4v) is 3.31. The topological polar surface area (TPSA) is 56.2 Å². The van der Waals surface area contributed by atoms with Crippen LogP contribution in [0.15, 0.2) is 84.9 Å². The van der Waals surface area contributed by atoms with Crippen molar-refractivity contribution in [2.75, 3.05) is 19.5 Å². The second-order valence-electron chi connectivity index (χ2n) is 6.49. The van der Waals surface area contributed by atoms with Gasteiger partial charge in [-0.15, -0.1) is 0 Å². The minimum Gasteiger partial charge on any atom is -0.497 e. The lowest BCUT2D eigenvalue weighted by Gasteiger charge is -2.10. The Bertz CT molecular complexity index is 1120. The van der Waals surface area contributed by atoms with Crippen molar-refractivity contribution in [1.29, 1.82) is 0 Å². The first-order valence-corrected chi connectivity index (χ1v) is 9.33. The Morgan fingerprint density at radius 3 is 2.10 bits per heavy atom. The van der Waals surface area contributed by atoms with Gasteiger partial charge in [-0.2, -0.15) is 5.10 Å². The molecule has 0 saturated heterocycles. The maximum atomic E-state index is 13.2. The number of aromatic nitrogens is 2. The number of hydrogen-bond acceptors (Lipinski definition) is 4. The highest BCUT2D eigenvalue weighted by molar-refractivity contribution is 6.12. The van der Waals surface area contributed by atoms with E-state index in [4.69, 9.17) is 9.84 Å². The van der Waals surface area contributed by atoms with Gasteiger partial charge in [0, 0.05) is 18.2 Å². The number of nitrogens with zero attached hydrogens (tertiary/aromatic N) is 2. The molecule has 0 atom stereocenters. The predicted molar refractivity (Wildman–Crippen MR) is 115 cm³/mol. The fraction of sp³-hybridized carbons (Fsp3) is 0.0833. The van der Waals surface area contributed by atoms with Gasteiger partial charge in [0.15, 0.2) is 5.69 Å². The van der Waals surface area contributed by atoms with E-state index >= 15 is 0 Å². The lowest BCUT2D eigenvalue weighted by molar-refractivity contribution is 0.103. The first-order chi connectivity index (χ1) is 14.2. The largest absolute Gasteiger partial charge is 0.497 e. The highest BCUT2D eigenvalue weighted by Gasteiger charge is 2.25. The summed E-state index contributed by atoms with van der Waals surface area (Å²) in [5.74, 6) is 0.635. The number of carbonyl (C=O) groups is 1. The van der Waals surface area contributed by atoms with E-state index in [-0.39, 0.29) is 5.78 Å². The Hall–Kier alpha value is -3.86. The van der Waals surface area contributed by atoms with Crippen LogP contribution < -0.4 is 10.1 Å².